The van der Waals surface area contributed by atoms with Gasteiger partial charge in [0.1, 0.15) is 0 Å². The van der Waals surface area contributed by atoms with Crippen LogP contribution in [0.2, 0.25) is 0 Å². The van der Waals surface area contributed by atoms with Crippen LogP contribution < -0.4 is 11.1 Å². The van der Waals surface area contributed by atoms with Crippen LogP contribution in [0.4, 0.5) is 0 Å². The first-order valence-corrected chi connectivity index (χ1v) is 10.3. The average Bonchev–Trinajstić information content (AvgIpc) is 2.72. The van der Waals surface area contributed by atoms with Gasteiger partial charge in [0.25, 0.3) is 0 Å². The molecule has 0 aliphatic rings. The van der Waals surface area contributed by atoms with E-state index in [1.54, 1.807) is 0 Å². The van der Waals surface area contributed by atoms with Crippen LogP contribution in [-0.4, -0.2) is 25.1 Å². The summed E-state index contributed by atoms with van der Waals surface area (Å²) in [4.78, 5) is 11.5. The van der Waals surface area contributed by atoms with Gasteiger partial charge in [-0.3, -0.25) is 4.79 Å². The first-order valence-electron chi connectivity index (χ1n) is 10.3. The molecule has 30 heavy (non-hydrogen) atoms. The van der Waals surface area contributed by atoms with Gasteiger partial charge in [-0.2, -0.15) is 0 Å². The zero-order chi connectivity index (χ0) is 21.3. The minimum atomic E-state index is -0.380. The van der Waals surface area contributed by atoms with Crippen molar-refractivity contribution < 1.29 is 9.53 Å². The fourth-order valence-corrected chi connectivity index (χ4v) is 3.94. The highest BCUT2D eigenvalue weighted by molar-refractivity contribution is 5.75. The predicted octanol–water partition coefficient (Wildman–Crippen LogP) is 4.10. The number of aryl methyl sites for hydroxylation is 2. The highest BCUT2D eigenvalue weighted by Crippen LogP contribution is 2.28. The lowest BCUT2D eigenvalue weighted by Gasteiger charge is -2.29. The molecule has 3 N–H and O–H groups in total. The lowest BCUT2D eigenvalue weighted by Crippen LogP contribution is -2.43. The second kappa shape index (κ2) is 10.7. The second-order valence-electron chi connectivity index (χ2n) is 7.76. The Bertz CT molecular complexity index is 882. The van der Waals surface area contributed by atoms with Crippen LogP contribution in [0.25, 0.3) is 0 Å². The van der Waals surface area contributed by atoms with E-state index < -0.39 is 0 Å². The van der Waals surface area contributed by atoms with Crippen molar-refractivity contribution >= 4 is 5.91 Å². The zero-order valence-corrected chi connectivity index (χ0v) is 17.7. The number of nitrogens with one attached hydrogen (secondary N) is 1. The summed E-state index contributed by atoms with van der Waals surface area (Å²) >= 11 is 0. The molecule has 1 unspecified atom stereocenters. The average molecular weight is 403 g/mol. The van der Waals surface area contributed by atoms with Gasteiger partial charge in [-0.1, -0.05) is 90.0 Å². The number of rotatable bonds is 10. The number of carbonyl (C=O) groups excluding carboxylic acids is 1. The normalized spacial score (nSPS) is 12.1. The Hall–Kier alpha value is -2.95. The molecule has 0 aliphatic heterocycles. The minimum Gasteiger partial charge on any atom is -0.375 e. The van der Waals surface area contributed by atoms with Crippen molar-refractivity contribution in [3.8, 4) is 0 Å². The monoisotopic (exact) mass is 402 g/mol. The van der Waals surface area contributed by atoms with E-state index in [2.05, 4.69) is 61.6 Å². The lowest BCUT2D eigenvalue weighted by molar-refractivity contribution is -0.117. The molecule has 0 bridgehead atoms. The summed E-state index contributed by atoms with van der Waals surface area (Å²) in [7, 11) is 0. The Morgan fingerprint density at radius 3 is 1.93 bits per heavy atom. The fourth-order valence-electron chi connectivity index (χ4n) is 3.94. The number of primary amides is 1. The molecule has 0 saturated carbocycles. The predicted molar refractivity (Wildman–Crippen MR) is 121 cm³/mol. The number of carbonyl (C=O) groups is 1. The van der Waals surface area contributed by atoms with Crippen LogP contribution in [0.5, 0.6) is 0 Å². The fraction of sp³-hybridized carbons (Fsp3) is 0.269. The van der Waals surface area contributed by atoms with Crippen molar-refractivity contribution in [2.75, 3.05) is 13.2 Å². The SMILES string of the molecule is Cc1cc(C)cc(COCC(NCC(N)=O)C(c2ccccc2)c2ccccc2)c1. The standard InChI is InChI=1S/C26H30N2O2/c1-19-13-20(2)15-21(14-19)17-30-18-24(28-16-25(27)29)26(22-9-5-3-6-10-22)23-11-7-4-8-12-23/h3-15,24,26,28H,16-18H2,1-2H3,(H2,27,29). The van der Waals surface area contributed by atoms with Crippen LogP contribution >= 0.6 is 0 Å². The van der Waals surface area contributed by atoms with E-state index in [1.165, 1.54) is 22.3 Å². The van der Waals surface area contributed by atoms with Gasteiger partial charge in [0, 0.05) is 12.0 Å². The molecule has 0 spiro atoms. The maximum absolute atomic E-state index is 11.5. The molecule has 4 heteroatoms. The van der Waals surface area contributed by atoms with Gasteiger partial charge < -0.3 is 15.8 Å². The largest absolute Gasteiger partial charge is 0.375 e. The molecule has 0 aliphatic carbocycles. The summed E-state index contributed by atoms with van der Waals surface area (Å²) in [5.74, 6) is -0.347. The summed E-state index contributed by atoms with van der Waals surface area (Å²) in [5.41, 5.74) is 11.4. The van der Waals surface area contributed by atoms with Gasteiger partial charge in [-0.15, -0.1) is 0 Å². The van der Waals surface area contributed by atoms with Gasteiger partial charge in [0.05, 0.1) is 19.8 Å². The molecule has 4 nitrogen and oxygen atoms in total. The molecule has 3 aromatic carbocycles. The molecule has 3 aromatic rings. The number of hydrogen-bond acceptors (Lipinski definition) is 3. The summed E-state index contributed by atoms with van der Waals surface area (Å²) < 4.78 is 6.13. The first-order chi connectivity index (χ1) is 14.5. The quantitative estimate of drug-likeness (QED) is 0.537. The lowest BCUT2D eigenvalue weighted by atomic mass is 9.85. The van der Waals surface area contributed by atoms with E-state index in [0.717, 1.165) is 5.56 Å². The molecule has 3 rings (SSSR count). The van der Waals surface area contributed by atoms with Crippen molar-refractivity contribution in [1.29, 1.82) is 0 Å². The van der Waals surface area contributed by atoms with E-state index in [4.69, 9.17) is 10.5 Å². The number of nitrogens with two attached hydrogens (primary N) is 1. The highest BCUT2D eigenvalue weighted by atomic mass is 16.5. The number of benzene rings is 3. The second-order valence-corrected chi connectivity index (χ2v) is 7.76. The van der Waals surface area contributed by atoms with E-state index in [1.807, 2.05) is 36.4 Å². The third-order valence-electron chi connectivity index (χ3n) is 5.11. The van der Waals surface area contributed by atoms with Gasteiger partial charge >= 0.3 is 0 Å². The van der Waals surface area contributed by atoms with Crippen LogP contribution in [0, 0.1) is 13.8 Å². The van der Waals surface area contributed by atoms with E-state index in [9.17, 15) is 4.79 Å². The summed E-state index contributed by atoms with van der Waals surface area (Å²) in [6.07, 6.45) is 0. The summed E-state index contributed by atoms with van der Waals surface area (Å²) in [5, 5.41) is 3.33. The van der Waals surface area contributed by atoms with E-state index >= 15 is 0 Å². The molecule has 0 radical (unpaired) electrons. The Labute approximate surface area is 179 Å². The number of ether oxygens (including phenoxy) is 1. The third kappa shape index (κ3) is 6.28. The smallest absolute Gasteiger partial charge is 0.231 e. The topological polar surface area (TPSA) is 64.3 Å². The van der Waals surface area contributed by atoms with Gasteiger partial charge in [-0.25, -0.2) is 0 Å². The van der Waals surface area contributed by atoms with Crippen LogP contribution in [0.3, 0.4) is 0 Å². The Morgan fingerprint density at radius 2 is 1.43 bits per heavy atom. The molecule has 1 amide bonds. The maximum atomic E-state index is 11.5. The molecule has 0 aromatic heterocycles. The Balaban J connectivity index is 1.82. The Morgan fingerprint density at radius 1 is 0.900 bits per heavy atom. The zero-order valence-electron chi connectivity index (χ0n) is 17.7. The molecular formula is C26H30N2O2. The van der Waals surface area contributed by atoms with E-state index in [-0.39, 0.29) is 24.4 Å². The molecule has 156 valence electrons. The van der Waals surface area contributed by atoms with Crippen molar-refractivity contribution in [1.82, 2.24) is 5.32 Å². The van der Waals surface area contributed by atoms with E-state index in [0.29, 0.717) is 13.2 Å². The van der Waals surface area contributed by atoms with Gasteiger partial charge in [0.2, 0.25) is 5.91 Å². The van der Waals surface area contributed by atoms with Gasteiger partial charge in [0.15, 0.2) is 0 Å². The molecule has 1 atom stereocenters. The summed E-state index contributed by atoms with van der Waals surface area (Å²) in [6, 6.07) is 26.9. The van der Waals surface area contributed by atoms with Crippen molar-refractivity contribution in [2.45, 2.75) is 32.4 Å². The summed E-state index contributed by atoms with van der Waals surface area (Å²) in [6.45, 7) is 5.26. The number of amides is 1. The third-order valence-corrected chi connectivity index (χ3v) is 5.11. The van der Waals surface area contributed by atoms with Crippen LogP contribution in [-0.2, 0) is 16.1 Å². The van der Waals surface area contributed by atoms with Crippen molar-refractivity contribution in [3.63, 3.8) is 0 Å². The molecular weight excluding hydrogens is 372 g/mol. The van der Waals surface area contributed by atoms with Crippen molar-refractivity contribution in [2.24, 2.45) is 5.73 Å². The minimum absolute atomic E-state index is 0.0333. The van der Waals surface area contributed by atoms with Crippen molar-refractivity contribution in [3.05, 3.63) is 107 Å². The van der Waals surface area contributed by atoms with Crippen LogP contribution in [0.15, 0.2) is 78.9 Å². The number of hydrogen-bond donors (Lipinski definition) is 2. The molecule has 0 heterocycles. The molecule has 0 saturated heterocycles. The molecule has 0 fully saturated rings. The van der Waals surface area contributed by atoms with Crippen LogP contribution in [0.1, 0.15) is 33.7 Å². The Kier molecular flexibility index (Phi) is 7.77. The highest BCUT2D eigenvalue weighted by Gasteiger charge is 2.25. The van der Waals surface area contributed by atoms with Gasteiger partial charge in [-0.05, 0) is 30.5 Å². The maximum Gasteiger partial charge on any atom is 0.231 e. The first kappa shape index (κ1) is 21.8.